The summed E-state index contributed by atoms with van der Waals surface area (Å²) in [6.45, 7) is 9.55. The Labute approximate surface area is 86.8 Å². The van der Waals surface area contributed by atoms with E-state index >= 15 is 0 Å². The van der Waals surface area contributed by atoms with Gasteiger partial charge in [-0.25, -0.2) is 0 Å². The van der Waals surface area contributed by atoms with E-state index < -0.39 is 0 Å². The second kappa shape index (κ2) is 4.56. The molecule has 0 saturated carbocycles. The predicted molar refractivity (Wildman–Crippen MR) is 60.4 cm³/mol. The Balaban J connectivity index is 2.39. The quantitative estimate of drug-likeness (QED) is 0.795. The van der Waals surface area contributed by atoms with Gasteiger partial charge in [0.1, 0.15) is 0 Å². The van der Waals surface area contributed by atoms with Crippen LogP contribution >= 0.6 is 0 Å². The fraction of sp³-hybridized carbons (Fsp3) is 0.583. The summed E-state index contributed by atoms with van der Waals surface area (Å²) in [6.07, 6.45) is 0.999. The smallest absolute Gasteiger partial charge is 0.0419 e. The lowest BCUT2D eigenvalue weighted by molar-refractivity contribution is 0.428. The zero-order valence-corrected chi connectivity index (χ0v) is 9.59. The van der Waals surface area contributed by atoms with Crippen molar-refractivity contribution in [2.75, 3.05) is 6.54 Å². The first kappa shape index (κ1) is 11.2. The molecule has 1 N–H and O–H groups in total. The van der Waals surface area contributed by atoms with Gasteiger partial charge in [-0.15, -0.1) is 0 Å². The topological polar surface area (TPSA) is 24.9 Å². The van der Waals surface area contributed by atoms with Crippen molar-refractivity contribution in [1.82, 2.24) is 10.3 Å². The van der Waals surface area contributed by atoms with Gasteiger partial charge in [0, 0.05) is 29.9 Å². The minimum atomic E-state index is 0.198. The van der Waals surface area contributed by atoms with E-state index in [1.807, 2.05) is 13.0 Å². The highest BCUT2D eigenvalue weighted by molar-refractivity contribution is 5.10. The molecule has 1 aromatic heterocycles. The van der Waals surface area contributed by atoms with Crippen LogP contribution in [0.5, 0.6) is 0 Å². The van der Waals surface area contributed by atoms with Crippen molar-refractivity contribution in [2.45, 2.75) is 39.7 Å². The van der Waals surface area contributed by atoms with Gasteiger partial charge in [0.15, 0.2) is 0 Å². The van der Waals surface area contributed by atoms with Gasteiger partial charge in [0.05, 0.1) is 0 Å². The zero-order valence-electron chi connectivity index (χ0n) is 9.59. The van der Waals surface area contributed by atoms with Crippen LogP contribution in [0.4, 0.5) is 0 Å². The predicted octanol–water partition coefficient (Wildman–Crippen LogP) is 2.32. The van der Waals surface area contributed by atoms with E-state index in [9.17, 15) is 0 Å². The Hall–Kier alpha value is -0.890. The van der Waals surface area contributed by atoms with Crippen LogP contribution in [0.15, 0.2) is 18.2 Å². The first-order valence-electron chi connectivity index (χ1n) is 5.15. The highest BCUT2D eigenvalue weighted by atomic mass is 14.9. The van der Waals surface area contributed by atoms with E-state index in [4.69, 9.17) is 0 Å². The van der Waals surface area contributed by atoms with Gasteiger partial charge < -0.3 is 5.32 Å². The summed E-state index contributed by atoms with van der Waals surface area (Å²) in [6, 6.07) is 6.17. The van der Waals surface area contributed by atoms with Crippen molar-refractivity contribution >= 4 is 0 Å². The number of nitrogens with one attached hydrogen (secondary N) is 1. The Kier molecular flexibility index (Phi) is 3.64. The monoisotopic (exact) mass is 192 g/mol. The molecule has 2 heteroatoms. The molecule has 0 bridgehead atoms. The van der Waals surface area contributed by atoms with Gasteiger partial charge >= 0.3 is 0 Å². The molecule has 1 aromatic rings. The van der Waals surface area contributed by atoms with Crippen molar-refractivity contribution in [3.05, 3.63) is 29.6 Å². The standard InChI is InChI=1S/C12H20N2/c1-10-6-5-7-11(14-10)8-9-13-12(2,3)4/h5-7,13H,8-9H2,1-4H3. The average Bonchev–Trinajstić information content (AvgIpc) is 2.01. The number of aromatic nitrogens is 1. The van der Waals surface area contributed by atoms with Crippen LogP contribution < -0.4 is 5.32 Å². The van der Waals surface area contributed by atoms with E-state index in [1.165, 1.54) is 5.69 Å². The minimum Gasteiger partial charge on any atom is -0.312 e. The summed E-state index contributed by atoms with van der Waals surface area (Å²) >= 11 is 0. The normalized spacial score (nSPS) is 11.7. The molecule has 0 aromatic carbocycles. The lowest BCUT2D eigenvalue weighted by Crippen LogP contribution is -2.37. The summed E-state index contributed by atoms with van der Waals surface area (Å²) in [4.78, 5) is 4.45. The zero-order chi connectivity index (χ0) is 10.6. The molecule has 1 rings (SSSR count). The molecule has 0 aliphatic carbocycles. The maximum absolute atomic E-state index is 4.45. The summed E-state index contributed by atoms with van der Waals surface area (Å²) in [7, 11) is 0. The SMILES string of the molecule is Cc1cccc(CCNC(C)(C)C)n1. The number of rotatable bonds is 3. The Morgan fingerprint density at radius 1 is 1.29 bits per heavy atom. The van der Waals surface area contributed by atoms with Crippen molar-refractivity contribution < 1.29 is 0 Å². The van der Waals surface area contributed by atoms with E-state index in [0.29, 0.717) is 0 Å². The average molecular weight is 192 g/mol. The van der Waals surface area contributed by atoms with Crippen LogP contribution in [0.3, 0.4) is 0 Å². The number of hydrogen-bond acceptors (Lipinski definition) is 2. The van der Waals surface area contributed by atoms with E-state index in [1.54, 1.807) is 0 Å². The highest BCUT2D eigenvalue weighted by Gasteiger charge is 2.07. The molecule has 1 heterocycles. The molecule has 0 saturated heterocycles. The number of pyridine rings is 1. The first-order valence-corrected chi connectivity index (χ1v) is 5.15. The second-order valence-electron chi connectivity index (χ2n) is 4.70. The van der Waals surface area contributed by atoms with Crippen LogP contribution in [0.2, 0.25) is 0 Å². The van der Waals surface area contributed by atoms with Gasteiger partial charge in [0.25, 0.3) is 0 Å². The largest absolute Gasteiger partial charge is 0.312 e. The van der Waals surface area contributed by atoms with Crippen LogP contribution in [0.1, 0.15) is 32.2 Å². The van der Waals surface area contributed by atoms with Crippen LogP contribution in [-0.2, 0) is 6.42 Å². The fourth-order valence-electron chi connectivity index (χ4n) is 1.30. The second-order valence-corrected chi connectivity index (χ2v) is 4.70. The summed E-state index contributed by atoms with van der Waals surface area (Å²) in [5.41, 5.74) is 2.46. The highest BCUT2D eigenvalue weighted by Crippen LogP contribution is 2.01. The third kappa shape index (κ3) is 4.38. The molecule has 0 spiro atoms. The van der Waals surface area contributed by atoms with Crippen LogP contribution in [-0.4, -0.2) is 17.1 Å². The number of hydrogen-bond donors (Lipinski definition) is 1. The maximum atomic E-state index is 4.45. The molecule has 0 aliphatic heterocycles. The molecule has 78 valence electrons. The number of nitrogens with zero attached hydrogens (tertiary/aromatic N) is 1. The number of aryl methyl sites for hydroxylation is 1. The molecule has 0 atom stereocenters. The van der Waals surface area contributed by atoms with Crippen LogP contribution in [0, 0.1) is 6.92 Å². The summed E-state index contributed by atoms with van der Waals surface area (Å²) in [5, 5.41) is 3.45. The Morgan fingerprint density at radius 2 is 2.00 bits per heavy atom. The van der Waals surface area contributed by atoms with Gasteiger partial charge in [-0.2, -0.15) is 0 Å². The van der Waals surface area contributed by atoms with Gasteiger partial charge in [-0.3, -0.25) is 4.98 Å². The summed E-state index contributed by atoms with van der Waals surface area (Å²) in [5.74, 6) is 0. The van der Waals surface area contributed by atoms with Crippen LogP contribution in [0.25, 0.3) is 0 Å². The van der Waals surface area contributed by atoms with Gasteiger partial charge in [0.2, 0.25) is 0 Å². The van der Waals surface area contributed by atoms with E-state index in [-0.39, 0.29) is 5.54 Å². The molecule has 0 aliphatic rings. The van der Waals surface area contributed by atoms with Gasteiger partial charge in [-0.1, -0.05) is 6.07 Å². The molecule has 2 nitrogen and oxygen atoms in total. The first-order chi connectivity index (χ1) is 6.47. The molecule has 0 radical (unpaired) electrons. The summed E-state index contributed by atoms with van der Waals surface area (Å²) < 4.78 is 0. The Morgan fingerprint density at radius 3 is 2.57 bits per heavy atom. The lowest BCUT2D eigenvalue weighted by atomic mass is 10.1. The molecule has 14 heavy (non-hydrogen) atoms. The molecule has 0 fully saturated rings. The fourth-order valence-corrected chi connectivity index (χ4v) is 1.30. The van der Waals surface area contributed by atoms with E-state index in [0.717, 1.165) is 18.7 Å². The third-order valence-corrected chi connectivity index (χ3v) is 1.98. The van der Waals surface area contributed by atoms with Gasteiger partial charge in [-0.05, 0) is 39.8 Å². The maximum Gasteiger partial charge on any atom is 0.0419 e. The molecular weight excluding hydrogens is 172 g/mol. The molecule has 0 amide bonds. The van der Waals surface area contributed by atoms with Crippen molar-refractivity contribution in [2.24, 2.45) is 0 Å². The third-order valence-electron chi connectivity index (χ3n) is 1.98. The van der Waals surface area contributed by atoms with Crippen molar-refractivity contribution in [3.8, 4) is 0 Å². The molecule has 0 unspecified atom stereocenters. The van der Waals surface area contributed by atoms with Crippen molar-refractivity contribution in [3.63, 3.8) is 0 Å². The molecular formula is C12H20N2. The Bertz CT molecular complexity index is 287. The van der Waals surface area contributed by atoms with E-state index in [2.05, 4.69) is 43.2 Å². The minimum absolute atomic E-state index is 0.198. The lowest BCUT2D eigenvalue weighted by Gasteiger charge is -2.20. The van der Waals surface area contributed by atoms with Crippen molar-refractivity contribution in [1.29, 1.82) is 0 Å².